The third-order valence-electron chi connectivity index (χ3n) is 4.97. The van der Waals surface area contributed by atoms with E-state index in [1.807, 2.05) is 69.3 Å². The Morgan fingerprint density at radius 1 is 1.10 bits per heavy atom. The fraction of sp³-hybridized carbons (Fsp3) is 0.250. The van der Waals surface area contributed by atoms with Crippen LogP contribution in [0.3, 0.4) is 0 Å². The van der Waals surface area contributed by atoms with Crippen LogP contribution in [0.15, 0.2) is 71.4 Å². The van der Waals surface area contributed by atoms with Crippen LogP contribution in [0.1, 0.15) is 38.1 Å². The molecule has 2 atom stereocenters. The molecule has 0 bridgehead atoms. The summed E-state index contributed by atoms with van der Waals surface area (Å²) in [5.74, 6) is -0.350. The van der Waals surface area contributed by atoms with Gasteiger partial charge in [0.2, 0.25) is 0 Å². The molecule has 0 radical (unpaired) electrons. The molecule has 2 aromatic heterocycles. The molecule has 31 heavy (non-hydrogen) atoms. The van der Waals surface area contributed by atoms with Crippen LogP contribution in [-0.4, -0.2) is 19.1 Å². The Hall–Kier alpha value is -2.90. The summed E-state index contributed by atoms with van der Waals surface area (Å²) in [6.07, 6.45) is 1.81. The highest BCUT2D eigenvalue weighted by atomic mass is 32.2. The third-order valence-corrected chi connectivity index (χ3v) is 6.58. The molecule has 0 unspecified atom stereocenters. The number of benzene rings is 2. The number of nitrogens with zero attached hydrogens (tertiary/aromatic N) is 2. The number of hydrogen-bond acceptors (Lipinski definition) is 4. The molecule has 5 nitrogen and oxygen atoms in total. The Morgan fingerprint density at radius 2 is 1.84 bits per heavy atom. The predicted octanol–water partition coefficient (Wildman–Crippen LogP) is 5.36. The quantitative estimate of drug-likeness (QED) is 0.441. The highest BCUT2D eigenvalue weighted by Crippen LogP contribution is 2.34. The highest BCUT2D eigenvalue weighted by Gasteiger charge is 2.27. The zero-order chi connectivity index (χ0) is 22.0. The second-order valence-electron chi connectivity index (χ2n) is 8.34. The van der Waals surface area contributed by atoms with Gasteiger partial charge >= 0.3 is 0 Å². The Labute approximate surface area is 183 Å². The minimum absolute atomic E-state index is 0.350. The minimum Gasteiger partial charge on any atom is -0.356 e. The van der Waals surface area contributed by atoms with Crippen molar-refractivity contribution >= 4 is 22.0 Å². The number of fused-ring (bicyclic) bond motifs is 1. The summed E-state index contributed by atoms with van der Waals surface area (Å²) in [7, 11) is -1.34. The lowest BCUT2D eigenvalue weighted by atomic mass is 9.94. The summed E-state index contributed by atoms with van der Waals surface area (Å²) in [6.45, 7) is 5.72. The number of halogens is 1. The van der Waals surface area contributed by atoms with Crippen molar-refractivity contribution in [3.8, 4) is 11.3 Å². The molecule has 0 saturated heterocycles. The van der Waals surface area contributed by atoms with Gasteiger partial charge in [-0.1, -0.05) is 41.6 Å². The SMILES string of the molecule is CC(C)(C)[S@](=O)N[C@@H](Cc1cc(F)ccn1)c1ccccc1-c1noc2ccccc12. The van der Waals surface area contributed by atoms with Gasteiger partial charge in [0.05, 0.1) is 21.8 Å². The van der Waals surface area contributed by atoms with E-state index in [0.717, 1.165) is 16.5 Å². The lowest BCUT2D eigenvalue weighted by Gasteiger charge is -2.26. The smallest absolute Gasteiger partial charge is 0.167 e. The van der Waals surface area contributed by atoms with Crippen molar-refractivity contribution in [3.63, 3.8) is 0 Å². The average molecular weight is 438 g/mol. The molecule has 2 heterocycles. The van der Waals surface area contributed by atoms with Gasteiger partial charge in [0.1, 0.15) is 11.5 Å². The normalized spacial score (nSPS) is 13.9. The fourth-order valence-electron chi connectivity index (χ4n) is 3.39. The lowest BCUT2D eigenvalue weighted by molar-refractivity contribution is 0.459. The van der Waals surface area contributed by atoms with Gasteiger partial charge in [-0.2, -0.15) is 0 Å². The van der Waals surface area contributed by atoms with Crippen molar-refractivity contribution in [1.29, 1.82) is 0 Å². The molecule has 0 amide bonds. The number of aromatic nitrogens is 2. The number of rotatable bonds is 6. The zero-order valence-corrected chi connectivity index (χ0v) is 18.4. The van der Waals surface area contributed by atoms with E-state index in [9.17, 15) is 8.60 Å². The molecule has 0 aliphatic heterocycles. The maximum atomic E-state index is 13.8. The van der Waals surface area contributed by atoms with E-state index in [1.165, 1.54) is 18.3 Å². The summed E-state index contributed by atoms with van der Waals surface area (Å²) < 4.78 is 35.1. The van der Waals surface area contributed by atoms with E-state index in [-0.39, 0.29) is 11.9 Å². The molecule has 160 valence electrons. The second-order valence-corrected chi connectivity index (χ2v) is 10.3. The van der Waals surface area contributed by atoms with Crippen LogP contribution in [0.4, 0.5) is 4.39 Å². The molecule has 2 aromatic carbocycles. The van der Waals surface area contributed by atoms with Gasteiger partial charge in [-0.15, -0.1) is 0 Å². The van der Waals surface area contributed by atoms with Crippen molar-refractivity contribution in [2.45, 2.75) is 38.0 Å². The van der Waals surface area contributed by atoms with Crippen LogP contribution in [0.2, 0.25) is 0 Å². The van der Waals surface area contributed by atoms with Gasteiger partial charge in [-0.3, -0.25) is 4.98 Å². The third kappa shape index (κ3) is 4.73. The standard InChI is InChI=1S/C24H24FN3O2S/c1-24(2,3)31(29)28-21(15-17-14-16(25)12-13-26-17)18-8-4-5-9-19(18)23-20-10-6-7-11-22(20)30-27-23/h4-14,21,28H,15H2,1-3H3/t21-,31-/m0/s1. The Morgan fingerprint density at radius 3 is 2.61 bits per heavy atom. The molecular weight excluding hydrogens is 413 g/mol. The minimum atomic E-state index is -1.34. The largest absolute Gasteiger partial charge is 0.356 e. The Kier molecular flexibility index (Phi) is 5.98. The van der Waals surface area contributed by atoms with E-state index in [4.69, 9.17) is 4.52 Å². The first-order valence-electron chi connectivity index (χ1n) is 10.0. The second kappa shape index (κ2) is 8.69. The van der Waals surface area contributed by atoms with Crippen molar-refractivity contribution in [2.24, 2.45) is 0 Å². The van der Waals surface area contributed by atoms with Crippen LogP contribution in [0, 0.1) is 5.82 Å². The van der Waals surface area contributed by atoms with E-state index >= 15 is 0 Å². The summed E-state index contributed by atoms with van der Waals surface area (Å²) in [5.41, 5.74) is 3.74. The van der Waals surface area contributed by atoms with Gasteiger partial charge in [-0.05, 0) is 50.6 Å². The number of nitrogens with one attached hydrogen (secondary N) is 1. The van der Waals surface area contributed by atoms with Crippen LogP contribution in [-0.2, 0) is 17.4 Å². The van der Waals surface area contributed by atoms with Crippen LogP contribution >= 0.6 is 0 Å². The molecule has 0 aliphatic rings. The van der Waals surface area contributed by atoms with Gasteiger partial charge in [0.25, 0.3) is 0 Å². The number of pyridine rings is 1. The molecule has 1 N–H and O–H groups in total. The molecule has 0 fully saturated rings. The maximum Gasteiger partial charge on any atom is 0.167 e. The summed E-state index contributed by atoms with van der Waals surface area (Å²) in [5, 5.41) is 5.20. The van der Waals surface area contributed by atoms with Crippen LogP contribution in [0.5, 0.6) is 0 Å². The van der Waals surface area contributed by atoms with Gasteiger partial charge in [0, 0.05) is 29.3 Å². The zero-order valence-electron chi connectivity index (χ0n) is 17.6. The van der Waals surface area contributed by atoms with Crippen molar-refractivity contribution in [1.82, 2.24) is 14.9 Å². The molecule has 4 aromatic rings. The summed E-state index contributed by atoms with van der Waals surface area (Å²) in [6, 6.07) is 17.8. The predicted molar refractivity (Wildman–Crippen MR) is 121 cm³/mol. The monoisotopic (exact) mass is 437 g/mol. The summed E-state index contributed by atoms with van der Waals surface area (Å²) >= 11 is 0. The molecular formula is C24H24FN3O2S. The topological polar surface area (TPSA) is 68.0 Å². The van der Waals surface area contributed by atoms with Gasteiger partial charge < -0.3 is 4.52 Å². The van der Waals surface area contributed by atoms with Crippen molar-refractivity contribution in [2.75, 3.05) is 0 Å². The van der Waals surface area contributed by atoms with E-state index < -0.39 is 15.7 Å². The van der Waals surface area contributed by atoms with Crippen molar-refractivity contribution in [3.05, 3.63) is 83.9 Å². The van der Waals surface area contributed by atoms with E-state index in [1.54, 1.807) is 0 Å². The van der Waals surface area contributed by atoms with E-state index in [0.29, 0.717) is 23.4 Å². The Balaban J connectivity index is 1.80. The molecule has 0 spiro atoms. The molecule has 0 aliphatic carbocycles. The Bertz CT molecular complexity index is 1230. The molecule has 7 heteroatoms. The fourth-order valence-corrected chi connectivity index (χ4v) is 4.21. The van der Waals surface area contributed by atoms with Gasteiger partial charge in [-0.25, -0.2) is 13.3 Å². The molecule has 4 rings (SSSR count). The lowest BCUT2D eigenvalue weighted by Crippen LogP contribution is -2.36. The van der Waals surface area contributed by atoms with Crippen LogP contribution < -0.4 is 4.72 Å². The first-order valence-corrected chi connectivity index (χ1v) is 11.2. The highest BCUT2D eigenvalue weighted by molar-refractivity contribution is 7.84. The molecule has 0 saturated carbocycles. The number of para-hydroxylation sites is 1. The first-order chi connectivity index (χ1) is 14.8. The van der Waals surface area contributed by atoms with Crippen LogP contribution in [0.25, 0.3) is 22.2 Å². The van der Waals surface area contributed by atoms with Gasteiger partial charge in [0.15, 0.2) is 5.58 Å². The number of hydrogen-bond donors (Lipinski definition) is 1. The average Bonchev–Trinajstić information content (AvgIpc) is 3.16. The van der Waals surface area contributed by atoms with Crippen molar-refractivity contribution < 1.29 is 13.1 Å². The maximum absolute atomic E-state index is 13.8. The summed E-state index contributed by atoms with van der Waals surface area (Å²) in [4.78, 5) is 4.30. The van der Waals surface area contributed by atoms with E-state index in [2.05, 4.69) is 14.9 Å². The first kappa shape index (κ1) is 21.3.